The lowest BCUT2D eigenvalue weighted by Crippen LogP contribution is -2.05. The molecule has 0 radical (unpaired) electrons. The first-order valence-electron chi connectivity index (χ1n) is 3.76. The highest BCUT2D eigenvalue weighted by molar-refractivity contribution is 5.86. The predicted octanol–water partition coefficient (Wildman–Crippen LogP) is 0.641. The topological polar surface area (TPSA) is 58.6 Å². The molecular weight excluding hydrogens is 142 g/mol. The Bertz CT molecular complexity index is 255. The van der Waals surface area contributed by atoms with Crippen LogP contribution >= 0.6 is 0 Å². The highest BCUT2D eigenvalue weighted by atomic mass is 16.1. The van der Waals surface area contributed by atoms with Gasteiger partial charge in [0, 0.05) is 6.42 Å². The number of rotatable bonds is 1. The van der Waals surface area contributed by atoms with Crippen molar-refractivity contribution < 1.29 is 4.79 Å². The van der Waals surface area contributed by atoms with E-state index in [-0.39, 0.29) is 5.92 Å². The van der Waals surface area contributed by atoms with Crippen LogP contribution in [0.5, 0.6) is 0 Å². The van der Waals surface area contributed by atoms with Gasteiger partial charge in [0.25, 0.3) is 0 Å². The van der Waals surface area contributed by atoms with Crippen LogP contribution in [-0.2, 0) is 4.79 Å². The van der Waals surface area contributed by atoms with Crippen molar-refractivity contribution in [1.29, 1.82) is 0 Å². The molecule has 1 aliphatic rings. The van der Waals surface area contributed by atoms with Crippen molar-refractivity contribution in [3.63, 3.8) is 0 Å². The van der Waals surface area contributed by atoms with Gasteiger partial charge < -0.3 is 0 Å². The summed E-state index contributed by atoms with van der Waals surface area (Å²) in [6.45, 7) is 0. The molecule has 0 spiro atoms. The molecule has 1 N–H and O–H groups in total. The number of Topliss-reactive ketones (excluding diaryl/α,β-unsaturated/α-hetero) is 1. The Hall–Kier alpha value is -1.19. The first-order chi connectivity index (χ1) is 5.38. The van der Waals surface area contributed by atoms with Crippen LogP contribution in [0.15, 0.2) is 6.33 Å². The molecule has 4 heteroatoms. The number of nitrogens with zero attached hydrogens (tertiary/aromatic N) is 2. The maximum atomic E-state index is 11.2. The third kappa shape index (κ3) is 1.04. The zero-order valence-corrected chi connectivity index (χ0v) is 6.08. The smallest absolute Gasteiger partial charge is 0.143 e. The molecule has 1 aromatic heterocycles. The number of aromatic amines is 1. The third-order valence-electron chi connectivity index (χ3n) is 2.07. The number of carbonyl (C=O) groups is 1. The van der Waals surface area contributed by atoms with Crippen molar-refractivity contribution in [2.45, 2.75) is 25.2 Å². The summed E-state index contributed by atoms with van der Waals surface area (Å²) in [6.07, 6.45) is 4.06. The van der Waals surface area contributed by atoms with E-state index < -0.39 is 0 Å². The van der Waals surface area contributed by atoms with E-state index in [4.69, 9.17) is 0 Å². The summed E-state index contributed by atoms with van der Waals surface area (Å²) < 4.78 is 0. The van der Waals surface area contributed by atoms with Crippen LogP contribution in [0.1, 0.15) is 31.0 Å². The Morgan fingerprint density at radius 2 is 2.55 bits per heavy atom. The van der Waals surface area contributed by atoms with Gasteiger partial charge in [-0.15, -0.1) is 0 Å². The van der Waals surface area contributed by atoms with Gasteiger partial charge >= 0.3 is 0 Å². The lowest BCUT2D eigenvalue weighted by Gasteiger charge is -2.00. The molecule has 1 fully saturated rings. The predicted molar refractivity (Wildman–Crippen MR) is 38.0 cm³/mol. The lowest BCUT2D eigenvalue weighted by molar-refractivity contribution is -0.118. The monoisotopic (exact) mass is 151 g/mol. The fourth-order valence-electron chi connectivity index (χ4n) is 1.49. The highest BCUT2D eigenvalue weighted by Crippen LogP contribution is 2.28. The van der Waals surface area contributed by atoms with Gasteiger partial charge in [-0.1, -0.05) is 0 Å². The first-order valence-corrected chi connectivity index (χ1v) is 3.76. The van der Waals surface area contributed by atoms with Gasteiger partial charge in [-0.2, -0.15) is 5.10 Å². The first kappa shape index (κ1) is 6.52. The molecule has 0 aromatic carbocycles. The largest absolute Gasteiger partial charge is 0.299 e. The summed E-state index contributed by atoms with van der Waals surface area (Å²) in [7, 11) is 0. The van der Waals surface area contributed by atoms with Crippen LogP contribution in [0.25, 0.3) is 0 Å². The average molecular weight is 151 g/mol. The van der Waals surface area contributed by atoms with Gasteiger partial charge in [0.15, 0.2) is 0 Å². The standard InChI is InChI=1S/C7H9N3O/c11-6-3-1-2-5(6)7-8-4-9-10-7/h4-5H,1-3H2,(H,8,9,10). The Balaban J connectivity index is 2.23. The maximum Gasteiger partial charge on any atom is 0.143 e. The van der Waals surface area contributed by atoms with Crippen LogP contribution in [-0.4, -0.2) is 21.0 Å². The second-order valence-corrected chi connectivity index (χ2v) is 2.78. The van der Waals surface area contributed by atoms with E-state index >= 15 is 0 Å². The molecule has 0 bridgehead atoms. The molecule has 1 heterocycles. The van der Waals surface area contributed by atoms with Crippen molar-refractivity contribution in [2.24, 2.45) is 0 Å². The number of aromatic nitrogens is 3. The maximum absolute atomic E-state index is 11.2. The van der Waals surface area contributed by atoms with E-state index in [2.05, 4.69) is 15.2 Å². The Morgan fingerprint density at radius 3 is 3.09 bits per heavy atom. The van der Waals surface area contributed by atoms with Gasteiger partial charge in [0.1, 0.15) is 17.9 Å². The fraction of sp³-hybridized carbons (Fsp3) is 0.571. The fourth-order valence-corrected chi connectivity index (χ4v) is 1.49. The lowest BCUT2D eigenvalue weighted by atomic mass is 10.1. The van der Waals surface area contributed by atoms with E-state index in [1.807, 2.05) is 0 Å². The summed E-state index contributed by atoms with van der Waals surface area (Å²) in [5, 5.41) is 6.44. The van der Waals surface area contributed by atoms with Crippen LogP contribution in [0.2, 0.25) is 0 Å². The number of carbonyl (C=O) groups excluding carboxylic acids is 1. The number of ketones is 1. The molecule has 0 aliphatic heterocycles. The van der Waals surface area contributed by atoms with Crippen LogP contribution in [0.4, 0.5) is 0 Å². The molecule has 1 saturated carbocycles. The third-order valence-corrected chi connectivity index (χ3v) is 2.07. The highest BCUT2D eigenvalue weighted by Gasteiger charge is 2.27. The van der Waals surface area contributed by atoms with Gasteiger partial charge in [-0.05, 0) is 12.8 Å². The van der Waals surface area contributed by atoms with E-state index in [0.29, 0.717) is 12.2 Å². The normalized spacial score (nSPS) is 24.4. The van der Waals surface area contributed by atoms with Crippen LogP contribution < -0.4 is 0 Å². The molecule has 4 nitrogen and oxygen atoms in total. The van der Waals surface area contributed by atoms with E-state index in [1.54, 1.807) is 0 Å². The average Bonchev–Trinajstić information content (AvgIpc) is 2.55. The quantitative estimate of drug-likeness (QED) is 0.640. The Kier molecular flexibility index (Phi) is 1.45. The SMILES string of the molecule is O=C1CCCC1c1ncn[nH]1. The van der Waals surface area contributed by atoms with E-state index in [9.17, 15) is 4.79 Å². The van der Waals surface area contributed by atoms with Gasteiger partial charge in [-0.3, -0.25) is 9.89 Å². The van der Waals surface area contributed by atoms with Crippen molar-refractivity contribution >= 4 is 5.78 Å². The molecule has 1 aromatic rings. The Labute approximate surface area is 64.0 Å². The van der Waals surface area contributed by atoms with Gasteiger partial charge in [0.2, 0.25) is 0 Å². The number of hydrogen-bond donors (Lipinski definition) is 1. The second-order valence-electron chi connectivity index (χ2n) is 2.78. The summed E-state index contributed by atoms with van der Waals surface area (Å²) in [6, 6.07) is 0. The zero-order valence-electron chi connectivity index (χ0n) is 6.08. The number of nitrogens with one attached hydrogen (secondary N) is 1. The Morgan fingerprint density at radius 1 is 1.64 bits per heavy atom. The molecule has 2 rings (SSSR count). The molecule has 0 amide bonds. The zero-order chi connectivity index (χ0) is 7.68. The molecule has 1 aliphatic carbocycles. The second kappa shape index (κ2) is 2.45. The summed E-state index contributed by atoms with van der Waals surface area (Å²) in [4.78, 5) is 15.1. The van der Waals surface area contributed by atoms with Crippen LogP contribution in [0.3, 0.4) is 0 Å². The summed E-state index contributed by atoms with van der Waals surface area (Å²) in [5.74, 6) is 1.02. The summed E-state index contributed by atoms with van der Waals surface area (Å²) >= 11 is 0. The molecule has 1 atom stereocenters. The molecule has 0 saturated heterocycles. The molecular formula is C7H9N3O. The van der Waals surface area contributed by atoms with Gasteiger partial charge in [0.05, 0.1) is 5.92 Å². The van der Waals surface area contributed by atoms with Crippen molar-refractivity contribution in [3.8, 4) is 0 Å². The number of hydrogen-bond acceptors (Lipinski definition) is 3. The molecule has 58 valence electrons. The van der Waals surface area contributed by atoms with E-state index in [0.717, 1.165) is 18.7 Å². The van der Waals surface area contributed by atoms with Crippen LogP contribution in [0, 0.1) is 0 Å². The van der Waals surface area contributed by atoms with Gasteiger partial charge in [-0.25, -0.2) is 4.98 Å². The summed E-state index contributed by atoms with van der Waals surface area (Å²) in [5.41, 5.74) is 0. The van der Waals surface area contributed by atoms with E-state index in [1.165, 1.54) is 6.33 Å². The minimum Gasteiger partial charge on any atom is -0.299 e. The van der Waals surface area contributed by atoms with Crippen molar-refractivity contribution in [2.75, 3.05) is 0 Å². The minimum absolute atomic E-state index is 0.00231. The number of H-pyrrole nitrogens is 1. The molecule has 1 unspecified atom stereocenters. The minimum atomic E-state index is -0.00231. The molecule has 11 heavy (non-hydrogen) atoms. The van der Waals surface area contributed by atoms with Crippen molar-refractivity contribution in [1.82, 2.24) is 15.2 Å². The van der Waals surface area contributed by atoms with Crippen molar-refractivity contribution in [3.05, 3.63) is 12.2 Å².